The molecular formula is C14H18N2O3. The molecule has 1 aliphatic rings. The Morgan fingerprint density at radius 3 is 2.84 bits per heavy atom. The van der Waals surface area contributed by atoms with E-state index >= 15 is 0 Å². The summed E-state index contributed by atoms with van der Waals surface area (Å²) in [5.41, 5.74) is 0.556. The molecule has 1 aromatic rings. The zero-order valence-corrected chi connectivity index (χ0v) is 10.9. The molecule has 2 amide bonds. The third-order valence-corrected chi connectivity index (χ3v) is 2.75. The summed E-state index contributed by atoms with van der Waals surface area (Å²) in [6.07, 6.45) is 2.11. The maximum absolute atomic E-state index is 11.8. The molecule has 0 heterocycles. The van der Waals surface area contributed by atoms with Crippen molar-refractivity contribution in [3.8, 4) is 5.75 Å². The molecule has 0 unspecified atom stereocenters. The lowest BCUT2D eigenvalue weighted by Crippen LogP contribution is -2.28. The Labute approximate surface area is 112 Å². The highest BCUT2D eigenvalue weighted by Gasteiger charge is 2.23. The van der Waals surface area contributed by atoms with Crippen LogP contribution in [0.4, 0.5) is 0 Å². The average Bonchev–Trinajstić information content (AvgIpc) is 3.21. The number of rotatable bonds is 6. The van der Waals surface area contributed by atoms with Crippen molar-refractivity contribution in [2.24, 2.45) is 0 Å². The van der Waals surface area contributed by atoms with Crippen molar-refractivity contribution in [2.45, 2.75) is 25.8 Å². The lowest BCUT2D eigenvalue weighted by Gasteiger charge is -2.08. The second-order valence-electron chi connectivity index (χ2n) is 4.52. The Bertz CT molecular complexity index is 470. The van der Waals surface area contributed by atoms with Gasteiger partial charge in [-0.3, -0.25) is 9.59 Å². The Hall–Kier alpha value is -2.04. The van der Waals surface area contributed by atoms with Gasteiger partial charge in [0, 0.05) is 18.2 Å². The minimum Gasteiger partial charge on any atom is -0.484 e. The van der Waals surface area contributed by atoms with Gasteiger partial charge in [-0.25, -0.2) is 0 Å². The normalized spacial score (nSPS) is 13.7. The Balaban J connectivity index is 1.90. The van der Waals surface area contributed by atoms with Crippen molar-refractivity contribution >= 4 is 11.8 Å². The van der Waals surface area contributed by atoms with Gasteiger partial charge < -0.3 is 15.4 Å². The van der Waals surface area contributed by atoms with Gasteiger partial charge in [0.25, 0.3) is 11.8 Å². The summed E-state index contributed by atoms with van der Waals surface area (Å²) in [6.45, 7) is 2.38. The molecule has 2 rings (SSSR count). The quantitative estimate of drug-likeness (QED) is 0.806. The molecule has 0 saturated heterocycles. The molecule has 0 aromatic heterocycles. The van der Waals surface area contributed by atoms with Crippen LogP contribution in [0, 0.1) is 0 Å². The Kier molecular flexibility index (Phi) is 4.39. The minimum absolute atomic E-state index is 0.0401. The minimum atomic E-state index is -0.171. The fraction of sp³-hybridized carbons (Fsp3) is 0.429. The first-order valence-electron chi connectivity index (χ1n) is 6.49. The zero-order chi connectivity index (χ0) is 13.7. The Morgan fingerprint density at radius 2 is 2.16 bits per heavy atom. The van der Waals surface area contributed by atoms with E-state index in [0.717, 1.165) is 12.8 Å². The van der Waals surface area contributed by atoms with Gasteiger partial charge in [-0.15, -0.1) is 0 Å². The van der Waals surface area contributed by atoms with E-state index in [1.165, 1.54) is 0 Å². The van der Waals surface area contributed by atoms with E-state index in [2.05, 4.69) is 10.6 Å². The highest BCUT2D eigenvalue weighted by atomic mass is 16.5. The first-order valence-corrected chi connectivity index (χ1v) is 6.49. The summed E-state index contributed by atoms with van der Waals surface area (Å²) in [4.78, 5) is 23.1. The molecule has 0 spiro atoms. The largest absolute Gasteiger partial charge is 0.484 e. The van der Waals surface area contributed by atoms with Crippen LogP contribution in [-0.2, 0) is 4.79 Å². The van der Waals surface area contributed by atoms with Crippen molar-refractivity contribution in [2.75, 3.05) is 13.2 Å². The lowest BCUT2D eigenvalue weighted by atomic mass is 10.2. The molecule has 0 aliphatic heterocycles. The van der Waals surface area contributed by atoms with E-state index in [4.69, 9.17) is 4.74 Å². The molecular weight excluding hydrogens is 244 g/mol. The molecule has 1 fully saturated rings. The van der Waals surface area contributed by atoms with Gasteiger partial charge in [0.15, 0.2) is 6.61 Å². The van der Waals surface area contributed by atoms with Crippen molar-refractivity contribution < 1.29 is 14.3 Å². The smallest absolute Gasteiger partial charge is 0.257 e. The van der Waals surface area contributed by atoms with E-state index < -0.39 is 0 Å². The van der Waals surface area contributed by atoms with Crippen LogP contribution < -0.4 is 15.4 Å². The van der Waals surface area contributed by atoms with Crippen LogP contribution in [0.3, 0.4) is 0 Å². The van der Waals surface area contributed by atoms with E-state index in [1.54, 1.807) is 24.3 Å². The number of nitrogens with one attached hydrogen (secondary N) is 2. The first-order chi connectivity index (χ1) is 9.19. The monoisotopic (exact) mass is 262 g/mol. The average molecular weight is 262 g/mol. The predicted molar refractivity (Wildman–Crippen MR) is 71.1 cm³/mol. The number of hydrogen-bond acceptors (Lipinski definition) is 3. The SMILES string of the molecule is CCNC(=O)COc1cccc(C(=O)NC2CC2)c1. The number of likely N-dealkylation sites (N-methyl/N-ethyl adjacent to an activating group) is 1. The van der Waals surface area contributed by atoms with Gasteiger partial charge in [-0.05, 0) is 38.0 Å². The molecule has 0 radical (unpaired) electrons. The topological polar surface area (TPSA) is 67.4 Å². The fourth-order valence-electron chi connectivity index (χ4n) is 1.62. The van der Waals surface area contributed by atoms with Gasteiger partial charge in [0.2, 0.25) is 0 Å². The number of hydrogen-bond donors (Lipinski definition) is 2. The maximum atomic E-state index is 11.8. The zero-order valence-electron chi connectivity index (χ0n) is 10.9. The van der Waals surface area contributed by atoms with Crippen LogP contribution in [0.5, 0.6) is 5.75 Å². The molecule has 0 bridgehead atoms. The van der Waals surface area contributed by atoms with Crippen LogP contribution in [0.2, 0.25) is 0 Å². The van der Waals surface area contributed by atoms with Crippen molar-refractivity contribution in [3.05, 3.63) is 29.8 Å². The molecule has 1 aromatic carbocycles. The van der Waals surface area contributed by atoms with E-state index in [-0.39, 0.29) is 18.4 Å². The molecule has 102 valence electrons. The van der Waals surface area contributed by atoms with Crippen LogP contribution in [0.25, 0.3) is 0 Å². The third kappa shape index (κ3) is 4.28. The summed E-state index contributed by atoms with van der Waals surface area (Å²) < 4.78 is 5.34. The van der Waals surface area contributed by atoms with Crippen molar-refractivity contribution in [1.82, 2.24) is 10.6 Å². The molecule has 5 heteroatoms. The highest BCUT2D eigenvalue weighted by Crippen LogP contribution is 2.20. The lowest BCUT2D eigenvalue weighted by molar-refractivity contribution is -0.122. The van der Waals surface area contributed by atoms with E-state index in [9.17, 15) is 9.59 Å². The van der Waals surface area contributed by atoms with Crippen molar-refractivity contribution in [3.63, 3.8) is 0 Å². The number of carbonyl (C=O) groups is 2. The van der Waals surface area contributed by atoms with Crippen molar-refractivity contribution in [1.29, 1.82) is 0 Å². The van der Waals surface area contributed by atoms with Gasteiger partial charge in [-0.1, -0.05) is 6.07 Å². The molecule has 1 saturated carbocycles. The number of amides is 2. The highest BCUT2D eigenvalue weighted by molar-refractivity contribution is 5.94. The van der Waals surface area contributed by atoms with Gasteiger partial charge in [0.05, 0.1) is 0 Å². The summed E-state index contributed by atoms with van der Waals surface area (Å²) in [5.74, 6) is 0.260. The summed E-state index contributed by atoms with van der Waals surface area (Å²) in [5, 5.41) is 5.55. The molecule has 0 atom stereocenters. The Morgan fingerprint density at radius 1 is 1.37 bits per heavy atom. The second-order valence-corrected chi connectivity index (χ2v) is 4.52. The van der Waals surface area contributed by atoms with Crippen LogP contribution in [0.15, 0.2) is 24.3 Å². The van der Waals surface area contributed by atoms with Crippen LogP contribution >= 0.6 is 0 Å². The molecule has 5 nitrogen and oxygen atoms in total. The summed E-state index contributed by atoms with van der Waals surface area (Å²) in [6, 6.07) is 7.18. The summed E-state index contributed by atoms with van der Waals surface area (Å²) in [7, 11) is 0. The summed E-state index contributed by atoms with van der Waals surface area (Å²) >= 11 is 0. The molecule has 19 heavy (non-hydrogen) atoms. The second kappa shape index (κ2) is 6.22. The van der Waals surface area contributed by atoms with Gasteiger partial charge >= 0.3 is 0 Å². The standard InChI is InChI=1S/C14H18N2O3/c1-2-15-13(17)9-19-12-5-3-4-10(8-12)14(18)16-11-6-7-11/h3-5,8,11H,2,6-7,9H2,1H3,(H,15,17)(H,16,18). The number of ether oxygens (including phenoxy) is 1. The molecule has 2 N–H and O–H groups in total. The van der Waals surface area contributed by atoms with Crippen LogP contribution in [-0.4, -0.2) is 31.0 Å². The van der Waals surface area contributed by atoms with E-state index in [0.29, 0.717) is 23.9 Å². The number of benzene rings is 1. The third-order valence-electron chi connectivity index (χ3n) is 2.75. The predicted octanol–water partition coefficient (Wildman–Crippen LogP) is 1.09. The number of carbonyl (C=O) groups excluding carboxylic acids is 2. The maximum Gasteiger partial charge on any atom is 0.257 e. The van der Waals surface area contributed by atoms with Crippen LogP contribution in [0.1, 0.15) is 30.1 Å². The van der Waals surface area contributed by atoms with Gasteiger partial charge in [-0.2, -0.15) is 0 Å². The first kappa shape index (κ1) is 13.4. The molecule has 1 aliphatic carbocycles. The van der Waals surface area contributed by atoms with Gasteiger partial charge in [0.1, 0.15) is 5.75 Å². The van der Waals surface area contributed by atoms with E-state index in [1.807, 2.05) is 6.92 Å². The fourth-order valence-corrected chi connectivity index (χ4v) is 1.62.